The van der Waals surface area contributed by atoms with Crippen LogP contribution in [0.5, 0.6) is 0 Å². The fourth-order valence-electron chi connectivity index (χ4n) is 1.54. The first-order chi connectivity index (χ1) is 7.79. The first kappa shape index (κ1) is 13.7. The van der Waals surface area contributed by atoms with Crippen molar-refractivity contribution < 1.29 is 4.79 Å². The Morgan fingerprint density at radius 1 is 1.71 bits per heavy atom. The Balaban J connectivity index is 2.77. The van der Waals surface area contributed by atoms with E-state index >= 15 is 0 Å². The minimum absolute atomic E-state index is 0.0781. The van der Waals surface area contributed by atoms with Crippen molar-refractivity contribution in [2.45, 2.75) is 45.7 Å². The maximum atomic E-state index is 11.9. The van der Waals surface area contributed by atoms with Gasteiger partial charge in [-0.3, -0.25) is 9.48 Å². The van der Waals surface area contributed by atoms with Crippen molar-refractivity contribution in [1.82, 2.24) is 15.1 Å². The molecule has 0 radical (unpaired) electrons. The molecule has 1 aromatic heterocycles. The highest BCUT2D eigenvalue weighted by Crippen LogP contribution is 2.17. The van der Waals surface area contributed by atoms with Gasteiger partial charge in [-0.05, 0) is 27.2 Å². The first-order valence-corrected chi connectivity index (χ1v) is 5.88. The predicted octanol–water partition coefficient (Wildman–Crippen LogP) is 1.03. The number of nitrogens with one attached hydrogen (secondary N) is 1. The Morgan fingerprint density at radius 3 is 2.71 bits per heavy atom. The Bertz CT molecular complexity index is 409. The quantitative estimate of drug-likeness (QED) is 0.823. The van der Waals surface area contributed by atoms with Crippen LogP contribution in [0.25, 0.3) is 0 Å². The molecule has 17 heavy (non-hydrogen) atoms. The number of nitrogens with two attached hydrogens (primary N) is 1. The summed E-state index contributed by atoms with van der Waals surface area (Å²) in [7, 11) is 1.88. The van der Waals surface area contributed by atoms with E-state index in [1.54, 1.807) is 17.8 Å². The van der Waals surface area contributed by atoms with Gasteiger partial charge in [-0.2, -0.15) is 5.10 Å². The number of aryl methyl sites for hydroxylation is 1. The Kier molecular flexibility index (Phi) is 3.93. The summed E-state index contributed by atoms with van der Waals surface area (Å²) in [5, 5.41) is 7.09. The number of amides is 1. The summed E-state index contributed by atoms with van der Waals surface area (Å²) >= 11 is 0. The third-order valence-electron chi connectivity index (χ3n) is 3.34. The summed E-state index contributed by atoms with van der Waals surface area (Å²) in [5.41, 5.74) is 7.15. The van der Waals surface area contributed by atoms with Crippen molar-refractivity contribution in [3.8, 4) is 0 Å². The summed E-state index contributed by atoms with van der Waals surface area (Å²) < 4.78 is 1.79. The molecule has 0 saturated heterocycles. The van der Waals surface area contributed by atoms with Gasteiger partial charge in [0, 0.05) is 18.3 Å². The Hall–Kier alpha value is -1.36. The van der Waals surface area contributed by atoms with Gasteiger partial charge in [-0.25, -0.2) is 0 Å². The summed E-state index contributed by atoms with van der Waals surface area (Å²) in [4.78, 5) is 11.9. The van der Waals surface area contributed by atoms with E-state index in [4.69, 9.17) is 5.73 Å². The lowest BCUT2D eigenvalue weighted by Crippen LogP contribution is -2.51. The van der Waals surface area contributed by atoms with Crippen LogP contribution in [0.4, 0.5) is 0 Å². The van der Waals surface area contributed by atoms with Gasteiger partial charge < -0.3 is 11.1 Å². The van der Waals surface area contributed by atoms with Crippen molar-refractivity contribution >= 4 is 5.91 Å². The molecule has 5 nitrogen and oxygen atoms in total. The number of carbonyl (C=O) groups is 1. The smallest absolute Gasteiger partial charge is 0.240 e. The molecule has 3 N–H and O–H groups in total. The van der Waals surface area contributed by atoms with Gasteiger partial charge in [-0.15, -0.1) is 0 Å². The molecule has 1 heterocycles. The molecule has 1 rings (SSSR count). The molecule has 0 aliphatic carbocycles. The molecular formula is C12H22N4O. The molecule has 0 aromatic carbocycles. The van der Waals surface area contributed by atoms with Gasteiger partial charge in [0.2, 0.25) is 5.91 Å². The lowest BCUT2D eigenvalue weighted by molar-refractivity contribution is -0.126. The van der Waals surface area contributed by atoms with Crippen LogP contribution in [0.2, 0.25) is 0 Å². The third kappa shape index (κ3) is 2.85. The van der Waals surface area contributed by atoms with E-state index in [2.05, 4.69) is 10.4 Å². The maximum Gasteiger partial charge on any atom is 0.240 e. The molecule has 0 fully saturated rings. The molecular weight excluding hydrogens is 216 g/mol. The zero-order valence-electron chi connectivity index (χ0n) is 11.2. The second-order valence-corrected chi connectivity index (χ2v) is 4.78. The van der Waals surface area contributed by atoms with Gasteiger partial charge in [-0.1, -0.05) is 6.92 Å². The first-order valence-electron chi connectivity index (χ1n) is 5.88. The lowest BCUT2D eigenvalue weighted by Gasteiger charge is -2.24. The predicted molar refractivity (Wildman–Crippen MR) is 67.4 cm³/mol. The molecule has 2 atom stereocenters. The fraction of sp³-hybridized carbons (Fsp3) is 0.667. The summed E-state index contributed by atoms with van der Waals surface area (Å²) in [5.74, 6) is -0.129. The van der Waals surface area contributed by atoms with E-state index in [0.29, 0.717) is 6.42 Å². The van der Waals surface area contributed by atoms with Gasteiger partial charge in [0.05, 0.1) is 17.8 Å². The molecule has 0 aliphatic heterocycles. The highest BCUT2D eigenvalue weighted by atomic mass is 16.2. The van der Waals surface area contributed by atoms with E-state index in [-0.39, 0.29) is 11.9 Å². The topological polar surface area (TPSA) is 72.9 Å². The van der Waals surface area contributed by atoms with Crippen LogP contribution in [-0.2, 0) is 11.8 Å². The second-order valence-electron chi connectivity index (χ2n) is 4.78. The van der Waals surface area contributed by atoms with Crippen LogP contribution < -0.4 is 11.1 Å². The standard InChI is InChI=1S/C12H22N4O/c1-6-12(4,13)11(17)15-8(2)10-7-14-16(5)9(10)3/h7-8H,6,13H2,1-5H3,(H,15,17). The van der Waals surface area contributed by atoms with Crippen LogP contribution in [0.1, 0.15) is 44.5 Å². The molecule has 0 aliphatic rings. The average Bonchev–Trinajstić information content (AvgIpc) is 2.59. The van der Waals surface area contributed by atoms with Crippen LogP contribution in [0, 0.1) is 6.92 Å². The number of hydrogen-bond acceptors (Lipinski definition) is 3. The fourth-order valence-corrected chi connectivity index (χ4v) is 1.54. The summed E-state index contributed by atoms with van der Waals surface area (Å²) in [6.45, 7) is 7.56. The average molecular weight is 238 g/mol. The largest absolute Gasteiger partial charge is 0.348 e. The van der Waals surface area contributed by atoms with Crippen molar-refractivity contribution in [3.05, 3.63) is 17.5 Å². The van der Waals surface area contributed by atoms with Gasteiger partial charge in [0.25, 0.3) is 0 Å². The summed E-state index contributed by atoms with van der Waals surface area (Å²) in [6.07, 6.45) is 2.39. The van der Waals surface area contributed by atoms with Crippen LogP contribution in [0.15, 0.2) is 6.20 Å². The molecule has 0 bridgehead atoms. The number of carbonyl (C=O) groups excluding carboxylic acids is 1. The van der Waals surface area contributed by atoms with Crippen LogP contribution >= 0.6 is 0 Å². The highest BCUT2D eigenvalue weighted by Gasteiger charge is 2.27. The van der Waals surface area contributed by atoms with E-state index in [1.165, 1.54) is 0 Å². The van der Waals surface area contributed by atoms with E-state index in [1.807, 2.05) is 27.8 Å². The number of hydrogen-bond donors (Lipinski definition) is 2. The molecule has 1 amide bonds. The molecule has 0 saturated carbocycles. The van der Waals surface area contributed by atoms with Gasteiger partial charge >= 0.3 is 0 Å². The van der Waals surface area contributed by atoms with E-state index in [9.17, 15) is 4.79 Å². The minimum Gasteiger partial charge on any atom is -0.348 e. The lowest BCUT2D eigenvalue weighted by atomic mass is 9.98. The summed E-state index contributed by atoms with van der Waals surface area (Å²) in [6, 6.07) is -0.0781. The second kappa shape index (κ2) is 4.87. The number of nitrogens with zero attached hydrogens (tertiary/aromatic N) is 2. The SMILES string of the molecule is CCC(C)(N)C(=O)NC(C)c1cnn(C)c1C. The van der Waals surface area contributed by atoms with Crippen LogP contribution in [-0.4, -0.2) is 21.2 Å². The zero-order chi connectivity index (χ0) is 13.2. The molecule has 96 valence electrons. The van der Waals surface area contributed by atoms with Crippen molar-refractivity contribution in [3.63, 3.8) is 0 Å². The van der Waals surface area contributed by atoms with E-state index < -0.39 is 5.54 Å². The molecule has 1 aromatic rings. The number of aromatic nitrogens is 2. The van der Waals surface area contributed by atoms with Gasteiger partial charge in [0.1, 0.15) is 0 Å². The maximum absolute atomic E-state index is 11.9. The van der Waals surface area contributed by atoms with E-state index in [0.717, 1.165) is 11.3 Å². The van der Waals surface area contributed by atoms with Crippen LogP contribution in [0.3, 0.4) is 0 Å². The molecule has 2 unspecified atom stereocenters. The highest BCUT2D eigenvalue weighted by molar-refractivity contribution is 5.85. The van der Waals surface area contributed by atoms with Gasteiger partial charge in [0.15, 0.2) is 0 Å². The Labute approximate surface area is 102 Å². The van der Waals surface area contributed by atoms with Crippen molar-refractivity contribution in [2.24, 2.45) is 12.8 Å². The molecule has 0 spiro atoms. The normalized spacial score (nSPS) is 16.4. The van der Waals surface area contributed by atoms with Crippen molar-refractivity contribution in [1.29, 1.82) is 0 Å². The minimum atomic E-state index is -0.815. The monoisotopic (exact) mass is 238 g/mol. The molecule has 5 heteroatoms. The zero-order valence-corrected chi connectivity index (χ0v) is 11.2. The van der Waals surface area contributed by atoms with Crippen molar-refractivity contribution in [2.75, 3.05) is 0 Å². The third-order valence-corrected chi connectivity index (χ3v) is 3.34. The number of rotatable bonds is 4. The Morgan fingerprint density at radius 2 is 2.29 bits per heavy atom.